The summed E-state index contributed by atoms with van der Waals surface area (Å²) in [6.45, 7) is 3.86. The Kier molecular flexibility index (Phi) is 3.92. The first-order valence-electron chi connectivity index (χ1n) is 9.77. The van der Waals surface area contributed by atoms with Crippen LogP contribution in [0, 0.1) is 11.8 Å². The molecule has 5 rings (SSSR count). The van der Waals surface area contributed by atoms with Crippen LogP contribution in [0.3, 0.4) is 0 Å². The molecule has 0 unspecified atom stereocenters. The molecule has 1 saturated heterocycles. The summed E-state index contributed by atoms with van der Waals surface area (Å²) in [4.78, 5) is 23.2. The number of aryl methyl sites for hydroxylation is 1. The zero-order valence-corrected chi connectivity index (χ0v) is 15.5. The van der Waals surface area contributed by atoms with Gasteiger partial charge >= 0.3 is 0 Å². The molecule has 1 aromatic carbocycles. The molecule has 1 saturated carbocycles. The molecule has 27 heavy (non-hydrogen) atoms. The average Bonchev–Trinajstić information content (AvgIpc) is 3.39. The second kappa shape index (κ2) is 6.44. The Morgan fingerprint density at radius 1 is 1.15 bits per heavy atom. The van der Waals surface area contributed by atoms with Gasteiger partial charge in [-0.25, -0.2) is 9.50 Å². The minimum absolute atomic E-state index is 0.0691. The van der Waals surface area contributed by atoms with Crippen molar-refractivity contribution in [3.05, 3.63) is 59.7 Å². The fourth-order valence-electron chi connectivity index (χ4n) is 4.94. The van der Waals surface area contributed by atoms with Crippen molar-refractivity contribution in [2.24, 2.45) is 11.8 Å². The van der Waals surface area contributed by atoms with Crippen molar-refractivity contribution in [1.82, 2.24) is 24.5 Å². The second-order valence-corrected chi connectivity index (χ2v) is 7.75. The van der Waals surface area contributed by atoms with Gasteiger partial charge in [-0.15, -0.1) is 5.10 Å². The number of fused-ring (bicyclic) bond motifs is 2. The van der Waals surface area contributed by atoms with Crippen LogP contribution in [-0.4, -0.2) is 43.5 Å². The van der Waals surface area contributed by atoms with Crippen molar-refractivity contribution in [1.29, 1.82) is 0 Å². The summed E-state index contributed by atoms with van der Waals surface area (Å²) in [6.07, 6.45) is 6.85. The van der Waals surface area contributed by atoms with Gasteiger partial charge in [-0.2, -0.15) is 4.98 Å². The molecule has 1 aliphatic heterocycles. The summed E-state index contributed by atoms with van der Waals surface area (Å²) >= 11 is 0. The van der Waals surface area contributed by atoms with Crippen molar-refractivity contribution in [3.63, 3.8) is 0 Å². The van der Waals surface area contributed by atoms with E-state index in [0.717, 1.165) is 19.5 Å². The number of amides is 1. The number of nitrogens with zero attached hydrogens (tertiary/aromatic N) is 5. The Morgan fingerprint density at radius 3 is 2.67 bits per heavy atom. The van der Waals surface area contributed by atoms with Gasteiger partial charge in [0.25, 0.3) is 11.7 Å². The molecule has 0 radical (unpaired) electrons. The monoisotopic (exact) mass is 361 g/mol. The van der Waals surface area contributed by atoms with E-state index in [1.165, 1.54) is 24.0 Å². The third kappa shape index (κ3) is 2.80. The lowest BCUT2D eigenvalue weighted by atomic mass is 9.90. The summed E-state index contributed by atoms with van der Waals surface area (Å²) in [5.41, 5.74) is 2.98. The smallest absolute Gasteiger partial charge is 0.293 e. The summed E-state index contributed by atoms with van der Waals surface area (Å²) in [5, 5.41) is 4.29. The largest absolute Gasteiger partial charge is 0.335 e. The Morgan fingerprint density at radius 2 is 1.93 bits per heavy atom. The van der Waals surface area contributed by atoms with E-state index in [2.05, 4.69) is 46.3 Å². The predicted octanol–water partition coefficient (Wildman–Crippen LogP) is 2.95. The highest BCUT2D eigenvalue weighted by atomic mass is 16.2. The van der Waals surface area contributed by atoms with E-state index in [0.29, 0.717) is 23.5 Å². The fraction of sp³-hybridized carbons (Fsp3) is 0.429. The molecule has 1 aliphatic carbocycles. The van der Waals surface area contributed by atoms with Crippen LogP contribution in [0.4, 0.5) is 0 Å². The van der Waals surface area contributed by atoms with Crippen LogP contribution in [0.1, 0.15) is 47.4 Å². The van der Waals surface area contributed by atoms with Crippen molar-refractivity contribution in [2.45, 2.75) is 32.1 Å². The summed E-state index contributed by atoms with van der Waals surface area (Å²) in [7, 11) is 0. The lowest BCUT2D eigenvalue weighted by Gasteiger charge is -2.19. The number of aromatic nitrogens is 4. The van der Waals surface area contributed by atoms with E-state index < -0.39 is 0 Å². The maximum atomic E-state index is 12.9. The van der Waals surface area contributed by atoms with Crippen LogP contribution in [0.25, 0.3) is 5.78 Å². The first kappa shape index (κ1) is 16.4. The van der Waals surface area contributed by atoms with Gasteiger partial charge in [0.15, 0.2) is 0 Å². The Labute approximate surface area is 158 Å². The first-order chi connectivity index (χ1) is 13.2. The molecule has 0 bridgehead atoms. The molecule has 0 spiro atoms. The van der Waals surface area contributed by atoms with E-state index >= 15 is 0 Å². The molecule has 2 fully saturated rings. The van der Waals surface area contributed by atoms with E-state index in [-0.39, 0.29) is 11.7 Å². The molecule has 138 valence electrons. The summed E-state index contributed by atoms with van der Waals surface area (Å²) in [6, 6.07) is 10.6. The number of hydrogen-bond donors (Lipinski definition) is 0. The van der Waals surface area contributed by atoms with Crippen molar-refractivity contribution >= 4 is 11.7 Å². The Bertz CT molecular complexity index is 950. The third-order valence-electron chi connectivity index (χ3n) is 6.22. The zero-order chi connectivity index (χ0) is 18.4. The van der Waals surface area contributed by atoms with E-state index in [1.807, 2.05) is 4.90 Å². The summed E-state index contributed by atoms with van der Waals surface area (Å²) in [5.74, 6) is 2.45. The Balaban J connectivity index is 1.30. The molecule has 2 aromatic heterocycles. The highest BCUT2D eigenvalue weighted by Crippen LogP contribution is 2.47. The summed E-state index contributed by atoms with van der Waals surface area (Å²) < 4.78 is 1.56. The highest BCUT2D eigenvalue weighted by molar-refractivity contribution is 5.91. The maximum absolute atomic E-state index is 12.9. The minimum atomic E-state index is -0.0691. The van der Waals surface area contributed by atoms with E-state index in [1.54, 1.807) is 23.0 Å². The minimum Gasteiger partial charge on any atom is -0.335 e. The number of hydrogen-bond acceptors (Lipinski definition) is 4. The number of benzene rings is 1. The Hall–Kier alpha value is -2.76. The molecular formula is C21H23N5O. The van der Waals surface area contributed by atoms with Gasteiger partial charge in [0.1, 0.15) is 0 Å². The SMILES string of the molecule is CCc1ccccc1[C@@H]1C[C@@H]2CN(C(=O)c3nc4ncccn4n3)C[C@@H]2C1. The topological polar surface area (TPSA) is 63.4 Å². The molecule has 0 N–H and O–H groups in total. The van der Waals surface area contributed by atoms with Crippen molar-refractivity contribution < 1.29 is 4.79 Å². The molecule has 3 atom stereocenters. The van der Waals surface area contributed by atoms with Gasteiger partial charge in [-0.3, -0.25) is 4.79 Å². The predicted molar refractivity (Wildman–Crippen MR) is 101 cm³/mol. The average molecular weight is 361 g/mol. The van der Waals surface area contributed by atoms with Crippen molar-refractivity contribution in [2.75, 3.05) is 13.1 Å². The fourth-order valence-corrected chi connectivity index (χ4v) is 4.94. The molecule has 3 aromatic rings. The zero-order valence-electron chi connectivity index (χ0n) is 15.5. The first-order valence-corrected chi connectivity index (χ1v) is 9.77. The van der Waals surface area contributed by atoms with E-state index in [4.69, 9.17) is 0 Å². The number of carbonyl (C=O) groups is 1. The lowest BCUT2D eigenvalue weighted by Crippen LogP contribution is -2.30. The molecule has 6 nitrogen and oxygen atoms in total. The van der Waals surface area contributed by atoms with Gasteiger partial charge in [0, 0.05) is 25.5 Å². The number of rotatable bonds is 3. The standard InChI is InChI=1S/C21H23N5O/c1-2-14-6-3-4-7-18(14)15-10-16-12-25(13-17(16)11-15)20(27)19-23-21-22-8-5-9-26(21)24-19/h3-9,15-17H,2,10-13H2,1H3/t15-,16-,17+. The van der Waals surface area contributed by atoms with Gasteiger partial charge in [0.2, 0.25) is 5.82 Å². The van der Waals surface area contributed by atoms with Crippen LogP contribution >= 0.6 is 0 Å². The normalized spacial score (nSPS) is 24.5. The highest BCUT2D eigenvalue weighted by Gasteiger charge is 2.43. The van der Waals surface area contributed by atoms with Gasteiger partial charge in [-0.05, 0) is 54.2 Å². The van der Waals surface area contributed by atoms with E-state index in [9.17, 15) is 4.79 Å². The second-order valence-electron chi connectivity index (χ2n) is 7.75. The van der Waals surface area contributed by atoms with Crippen LogP contribution in [0.2, 0.25) is 0 Å². The quantitative estimate of drug-likeness (QED) is 0.719. The molecule has 3 heterocycles. The molecule has 6 heteroatoms. The van der Waals surface area contributed by atoms with Gasteiger partial charge in [0.05, 0.1) is 0 Å². The molecular weight excluding hydrogens is 338 g/mol. The maximum Gasteiger partial charge on any atom is 0.293 e. The number of likely N-dealkylation sites (tertiary alicyclic amines) is 1. The number of carbonyl (C=O) groups excluding carboxylic acids is 1. The lowest BCUT2D eigenvalue weighted by molar-refractivity contribution is 0.0768. The third-order valence-corrected chi connectivity index (χ3v) is 6.22. The van der Waals surface area contributed by atoms with Gasteiger partial charge in [-0.1, -0.05) is 31.2 Å². The van der Waals surface area contributed by atoms with Gasteiger partial charge < -0.3 is 4.90 Å². The van der Waals surface area contributed by atoms with Crippen LogP contribution < -0.4 is 0 Å². The van der Waals surface area contributed by atoms with Crippen LogP contribution in [-0.2, 0) is 6.42 Å². The van der Waals surface area contributed by atoms with Crippen molar-refractivity contribution in [3.8, 4) is 0 Å². The van der Waals surface area contributed by atoms with Crippen LogP contribution in [0.15, 0.2) is 42.7 Å². The molecule has 1 amide bonds. The van der Waals surface area contributed by atoms with Crippen LogP contribution in [0.5, 0.6) is 0 Å². The molecule has 2 aliphatic rings.